The average molecular weight is 314 g/mol. The summed E-state index contributed by atoms with van der Waals surface area (Å²) in [6, 6.07) is 7.86. The smallest absolute Gasteiger partial charge is 0.315 e. The van der Waals surface area contributed by atoms with Crippen molar-refractivity contribution in [2.24, 2.45) is 7.05 Å². The minimum absolute atomic E-state index is 0.0111. The van der Waals surface area contributed by atoms with Gasteiger partial charge in [0, 0.05) is 37.3 Å². The van der Waals surface area contributed by atoms with Crippen LogP contribution >= 0.6 is 0 Å². The molecule has 23 heavy (non-hydrogen) atoms. The van der Waals surface area contributed by atoms with Crippen LogP contribution in [0, 0.1) is 0 Å². The van der Waals surface area contributed by atoms with Crippen LogP contribution < -0.4 is 15.4 Å². The van der Waals surface area contributed by atoms with Crippen LogP contribution in [-0.2, 0) is 13.5 Å². The minimum Gasteiger partial charge on any atom is -0.493 e. The molecule has 1 aliphatic rings. The third kappa shape index (κ3) is 3.64. The van der Waals surface area contributed by atoms with Crippen LogP contribution in [0.1, 0.15) is 24.0 Å². The van der Waals surface area contributed by atoms with Crippen molar-refractivity contribution in [1.29, 1.82) is 0 Å². The van der Waals surface area contributed by atoms with E-state index in [-0.39, 0.29) is 18.0 Å². The SMILES string of the molecule is C[C@H](NC(=O)NCCc1cnn(C)c1)[C@H]1COc2ccccc21. The second-order valence-electron chi connectivity index (χ2n) is 5.92. The Kier molecular flexibility index (Phi) is 4.50. The number of carbonyl (C=O) groups excluding carboxylic acids is 1. The molecular weight excluding hydrogens is 292 g/mol. The predicted molar refractivity (Wildman–Crippen MR) is 87.6 cm³/mol. The standard InChI is InChI=1S/C17H22N4O2/c1-12(15-11-23-16-6-4-3-5-14(15)16)20-17(22)18-8-7-13-9-19-21(2)10-13/h3-6,9-10,12,15H,7-8,11H2,1-2H3,(H2,18,20,22)/t12-,15+/m0/s1. The van der Waals surface area contributed by atoms with Crippen molar-refractivity contribution in [2.75, 3.05) is 13.2 Å². The van der Waals surface area contributed by atoms with E-state index in [0.717, 1.165) is 23.3 Å². The summed E-state index contributed by atoms with van der Waals surface area (Å²) in [5, 5.41) is 10.0. The number of nitrogens with one attached hydrogen (secondary N) is 2. The maximum atomic E-state index is 12.0. The third-order valence-corrected chi connectivity index (χ3v) is 4.16. The highest BCUT2D eigenvalue weighted by Gasteiger charge is 2.29. The van der Waals surface area contributed by atoms with Gasteiger partial charge in [-0.3, -0.25) is 4.68 Å². The molecule has 0 fully saturated rings. The van der Waals surface area contributed by atoms with Crippen LogP contribution in [0.15, 0.2) is 36.7 Å². The van der Waals surface area contributed by atoms with Gasteiger partial charge >= 0.3 is 6.03 Å². The summed E-state index contributed by atoms with van der Waals surface area (Å²) in [7, 11) is 1.88. The Bertz CT molecular complexity index is 683. The number of benzene rings is 1. The van der Waals surface area contributed by atoms with Crippen LogP contribution in [0.25, 0.3) is 0 Å². The van der Waals surface area contributed by atoms with Crippen LogP contribution in [-0.4, -0.2) is 35.0 Å². The molecule has 2 heterocycles. The molecule has 0 saturated heterocycles. The van der Waals surface area contributed by atoms with Crippen molar-refractivity contribution in [2.45, 2.75) is 25.3 Å². The van der Waals surface area contributed by atoms with Gasteiger partial charge in [0.15, 0.2) is 0 Å². The Morgan fingerprint density at radius 3 is 3.09 bits per heavy atom. The summed E-state index contributed by atoms with van der Waals surface area (Å²) in [5.41, 5.74) is 2.27. The van der Waals surface area contributed by atoms with Gasteiger partial charge in [0.2, 0.25) is 0 Å². The quantitative estimate of drug-likeness (QED) is 0.884. The molecule has 1 aliphatic heterocycles. The van der Waals surface area contributed by atoms with Crippen LogP contribution in [0.5, 0.6) is 5.75 Å². The maximum Gasteiger partial charge on any atom is 0.315 e. The molecule has 0 aliphatic carbocycles. The lowest BCUT2D eigenvalue weighted by molar-refractivity contribution is 0.233. The molecule has 6 heteroatoms. The fraction of sp³-hybridized carbons (Fsp3) is 0.412. The van der Waals surface area contributed by atoms with Crippen molar-refractivity contribution in [3.05, 3.63) is 47.8 Å². The number of para-hydroxylation sites is 1. The number of ether oxygens (including phenoxy) is 1. The number of nitrogens with zero attached hydrogens (tertiary/aromatic N) is 2. The van der Waals surface area contributed by atoms with E-state index in [4.69, 9.17) is 4.74 Å². The number of amides is 2. The Balaban J connectivity index is 1.46. The molecule has 0 unspecified atom stereocenters. The zero-order chi connectivity index (χ0) is 16.2. The number of fused-ring (bicyclic) bond motifs is 1. The number of aryl methyl sites for hydroxylation is 1. The number of rotatable bonds is 5. The first-order valence-corrected chi connectivity index (χ1v) is 7.87. The van der Waals surface area contributed by atoms with Gasteiger partial charge in [0.1, 0.15) is 5.75 Å². The summed E-state index contributed by atoms with van der Waals surface area (Å²) in [6.45, 7) is 3.20. The van der Waals surface area contributed by atoms with Crippen LogP contribution in [0.4, 0.5) is 4.79 Å². The molecule has 2 atom stereocenters. The number of carbonyl (C=O) groups is 1. The topological polar surface area (TPSA) is 68.2 Å². The number of hydrogen-bond acceptors (Lipinski definition) is 3. The fourth-order valence-corrected chi connectivity index (χ4v) is 2.88. The third-order valence-electron chi connectivity index (χ3n) is 4.16. The molecule has 122 valence electrons. The monoisotopic (exact) mass is 314 g/mol. The average Bonchev–Trinajstić information content (AvgIpc) is 3.13. The van der Waals surface area contributed by atoms with Crippen molar-refractivity contribution in [1.82, 2.24) is 20.4 Å². The van der Waals surface area contributed by atoms with Gasteiger partial charge in [-0.15, -0.1) is 0 Å². The number of urea groups is 1. The van der Waals surface area contributed by atoms with Crippen molar-refractivity contribution in [3.63, 3.8) is 0 Å². The summed E-state index contributed by atoms with van der Waals surface area (Å²) in [5.74, 6) is 1.11. The van der Waals surface area contributed by atoms with E-state index < -0.39 is 0 Å². The van der Waals surface area contributed by atoms with E-state index in [1.807, 2.05) is 44.6 Å². The molecule has 0 spiro atoms. The van der Waals surface area contributed by atoms with E-state index in [1.54, 1.807) is 4.68 Å². The van der Waals surface area contributed by atoms with Gasteiger partial charge in [-0.1, -0.05) is 18.2 Å². The highest BCUT2D eigenvalue weighted by atomic mass is 16.5. The van der Waals surface area contributed by atoms with Crippen LogP contribution in [0.3, 0.4) is 0 Å². The van der Waals surface area contributed by atoms with E-state index in [1.165, 1.54) is 0 Å². The minimum atomic E-state index is -0.147. The lowest BCUT2D eigenvalue weighted by Crippen LogP contribution is -2.44. The first-order chi connectivity index (χ1) is 11.1. The van der Waals surface area contributed by atoms with Gasteiger partial charge in [0.05, 0.1) is 12.8 Å². The van der Waals surface area contributed by atoms with E-state index in [2.05, 4.69) is 21.8 Å². The van der Waals surface area contributed by atoms with Crippen molar-refractivity contribution >= 4 is 6.03 Å². The normalized spacial score (nSPS) is 17.2. The van der Waals surface area contributed by atoms with Gasteiger partial charge in [-0.05, 0) is 25.0 Å². The number of aromatic nitrogens is 2. The molecule has 1 aromatic heterocycles. The molecule has 2 N–H and O–H groups in total. The molecule has 0 saturated carbocycles. The Morgan fingerprint density at radius 1 is 1.48 bits per heavy atom. The van der Waals surface area contributed by atoms with Gasteiger partial charge in [-0.2, -0.15) is 5.10 Å². The lowest BCUT2D eigenvalue weighted by atomic mass is 9.94. The maximum absolute atomic E-state index is 12.0. The highest BCUT2D eigenvalue weighted by molar-refractivity contribution is 5.74. The first-order valence-electron chi connectivity index (χ1n) is 7.87. The van der Waals surface area contributed by atoms with Crippen LogP contribution in [0.2, 0.25) is 0 Å². The second kappa shape index (κ2) is 6.73. The lowest BCUT2D eigenvalue weighted by Gasteiger charge is -2.20. The largest absolute Gasteiger partial charge is 0.493 e. The molecular formula is C17H22N4O2. The Morgan fingerprint density at radius 2 is 2.30 bits per heavy atom. The fourth-order valence-electron chi connectivity index (χ4n) is 2.88. The molecule has 0 bridgehead atoms. The molecule has 2 aromatic rings. The zero-order valence-corrected chi connectivity index (χ0v) is 13.5. The summed E-state index contributed by atoms with van der Waals surface area (Å²) < 4.78 is 7.43. The number of hydrogen-bond donors (Lipinski definition) is 2. The Labute approximate surface area is 135 Å². The van der Waals surface area contributed by atoms with E-state index in [0.29, 0.717) is 13.2 Å². The van der Waals surface area contributed by atoms with Gasteiger partial charge < -0.3 is 15.4 Å². The van der Waals surface area contributed by atoms with Crippen molar-refractivity contribution < 1.29 is 9.53 Å². The second-order valence-corrected chi connectivity index (χ2v) is 5.92. The molecule has 0 radical (unpaired) electrons. The molecule has 2 amide bonds. The Hall–Kier alpha value is -2.50. The summed E-state index contributed by atoms with van der Waals surface area (Å²) in [6.07, 6.45) is 4.54. The summed E-state index contributed by atoms with van der Waals surface area (Å²) >= 11 is 0. The predicted octanol–water partition coefficient (Wildman–Crippen LogP) is 1.83. The van der Waals surface area contributed by atoms with E-state index >= 15 is 0 Å². The summed E-state index contributed by atoms with van der Waals surface area (Å²) in [4.78, 5) is 12.0. The van der Waals surface area contributed by atoms with Gasteiger partial charge in [0.25, 0.3) is 0 Å². The van der Waals surface area contributed by atoms with Gasteiger partial charge in [-0.25, -0.2) is 4.79 Å². The molecule has 1 aromatic carbocycles. The van der Waals surface area contributed by atoms with E-state index in [9.17, 15) is 4.79 Å². The zero-order valence-electron chi connectivity index (χ0n) is 13.5. The molecule has 6 nitrogen and oxygen atoms in total. The highest BCUT2D eigenvalue weighted by Crippen LogP contribution is 2.35. The van der Waals surface area contributed by atoms with Crippen molar-refractivity contribution in [3.8, 4) is 5.75 Å². The molecule has 3 rings (SSSR count). The first kappa shape index (κ1) is 15.4.